The van der Waals surface area contributed by atoms with Crippen molar-refractivity contribution in [1.82, 2.24) is 14.9 Å². The molecule has 168 valence electrons. The maximum absolute atomic E-state index is 12.5. The van der Waals surface area contributed by atoms with E-state index >= 15 is 0 Å². The van der Waals surface area contributed by atoms with E-state index in [2.05, 4.69) is 48.6 Å². The number of nitrogens with one attached hydrogen (secondary N) is 1. The Morgan fingerprint density at radius 2 is 1.73 bits per heavy atom. The van der Waals surface area contributed by atoms with Crippen LogP contribution in [0.25, 0.3) is 16.9 Å². The molecule has 1 aromatic heterocycles. The van der Waals surface area contributed by atoms with E-state index in [1.807, 2.05) is 53.2 Å². The van der Waals surface area contributed by atoms with Crippen molar-refractivity contribution in [1.29, 1.82) is 0 Å². The molecule has 4 aromatic rings. The van der Waals surface area contributed by atoms with Crippen molar-refractivity contribution in [3.05, 3.63) is 96.2 Å². The fourth-order valence-electron chi connectivity index (χ4n) is 3.43. The number of rotatable bonds is 9. The SMILES string of the molecule is COc1ccc(-n2cc(-c3ccc(C)cc3)nc2SCC(=O)NCCc2ccccc2)cc1. The molecule has 0 atom stereocenters. The minimum atomic E-state index is -0.00269. The van der Waals surface area contributed by atoms with Gasteiger partial charge in [-0.3, -0.25) is 9.36 Å². The highest BCUT2D eigenvalue weighted by atomic mass is 32.2. The number of methoxy groups -OCH3 is 1. The molecule has 0 spiro atoms. The lowest BCUT2D eigenvalue weighted by Gasteiger charge is -2.09. The zero-order valence-corrected chi connectivity index (χ0v) is 19.6. The maximum atomic E-state index is 12.5. The van der Waals surface area contributed by atoms with Gasteiger partial charge in [-0.2, -0.15) is 0 Å². The number of carbonyl (C=O) groups is 1. The molecule has 33 heavy (non-hydrogen) atoms. The van der Waals surface area contributed by atoms with Gasteiger partial charge in [0.05, 0.1) is 18.6 Å². The van der Waals surface area contributed by atoms with Crippen molar-refractivity contribution in [3.63, 3.8) is 0 Å². The van der Waals surface area contributed by atoms with Gasteiger partial charge >= 0.3 is 0 Å². The van der Waals surface area contributed by atoms with Crippen LogP contribution in [0.3, 0.4) is 0 Å². The first-order valence-corrected chi connectivity index (χ1v) is 11.9. The molecule has 6 heteroatoms. The number of ether oxygens (including phenoxy) is 1. The van der Waals surface area contributed by atoms with Gasteiger partial charge in [-0.15, -0.1) is 0 Å². The van der Waals surface area contributed by atoms with Gasteiger partial charge in [-0.1, -0.05) is 71.9 Å². The third-order valence-electron chi connectivity index (χ3n) is 5.28. The highest BCUT2D eigenvalue weighted by Gasteiger charge is 2.14. The van der Waals surface area contributed by atoms with Crippen molar-refractivity contribution in [2.24, 2.45) is 0 Å². The van der Waals surface area contributed by atoms with E-state index in [1.165, 1.54) is 22.9 Å². The van der Waals surface area contributed by atoms with Gasteiger partial charge in [0.2, 0.25) is 5.91 Å². The second-order valence-electron chi connectivity index (χ2n) is 7.72. The van der Waals surface area contributed by atoms with Crippen LogP contribution in [0, 0.1) is 6.92 Å². The second-order valence-corrected chi connectivity index (χ2v) is 8.66. The molecule has 0 unspecified atom stereocenters. The molecule has 1 heterocycles. The smallest absolute Gasteiger partial charge is 0.230 e. The van der Waals surface area contributed by atoms with Crippen molar-refractivity contribution in [2.75, 3.05) is 19.4 Å². The lowest BCUT2D eigenvalue weighted by molar-refractivity contribution is -0.118. The number of hydrogen-bond acceptors (Lipinski definition) is 4. The van der Waals surface area contributed by atoms with Gasteiger partial charge in [0.15, 0.2) is 5.16 Å². The van der Waals surface area contributed by atoms with Crippen LogP contribution >= 0.6 is 11.8 Å². The molecule has 0 radical (unpaired) electrons. The van der Waals surface area contributed by atoms with Crippen molar-refractivity contribution < 1.29 is 9.53 Å². The topological polar surface area (TPSA) is 56.2 Å². The van der Waals surface area contributed by atoms with Gasteiger partial charge in [-0.25, -0.2) is 4.98 Å². The number of imidazole rings is 1. The minimum absolute atomic E-state index is 0.00269. The molecule has 4 rings (SSSR count). The van der Waals surface area contributed by atoms with Crippen LogP contribution in [0.1, 0.15) is 11.1 Å². The molecule has 1 amide bonds. The number of aromatic nitrogens is 2. The number of thioether (sulfide) groups is 1. The van der Waals surface area contributed by atoms with Crippen molar-refractivity contribution >= 4 is 17.7 Å². The quantitative estimate of drug-likeness (QED) is 0.346. The van der Waals surface area contributed by atoms with Crippen molar-refractivity contribution in [3.8, 4) is 22.7 Å². The monoisotopic (exact) mass is 457 g/mol. The van der Waals surface area contributed by atoms with Crippen LogP contribution in [0.15, 0.2) is 90.2 Å². The molecule has 0 saturated heterocycles. The maximum Gasteiger partial charge on any atom is 0.230 e. The molecular formula is C27H27N3O2S. The lowest BCUT2D eigenvalue weighted by Crippen LogP contribution is -2.27. The van der Waals surface area contributed by atoms with E-state index in [9.17, 15) is 4.79 Å². The Kier molecular flexibility index (Phi) is 7.47. The van der Waals surface area contributed by atoms with Crippen LogP contribution in [0.5, 0.6) is 5.75 Å². The molecule has 5 nitrogen and oxygen atoms in total. The number of nitrogens with zero attached hydrogens (tertiary/aromatic N) is 2. The average Bonchev–Trinajstić information content (AvgIpc) is 3.28. The Bertz CT molecular complexity index is 1190. The number of hydrogen-bond donors (Lipinski definition) is 1. The largest absolute Gasteiger partial charge is 0.497 e. The van der Waals surface area contributed by atoms with E-state index in [1.54, 1.807) is 7.11 Å². The van der Waals surface area contributed by atoms with Crippen molar-refractivity contribution in [2.45, 2.75) is 18.5 Å². The molecule has 0 saturated carbocycles. The first-order chi connectivity index (χ1) is 16.1. The van der Waals surface area contributed by atoms with E-state index in [4.69, 9.17) is 9.72 Å². The van der Waals surface area contributed by atoms with Crippen LogP contribution < -0.4 is 10.1 Å². The third kappa shape index (κ3) is 6.05. The Morgan fingerprint density at radius 3 is 2.42 bits per heavy atom. The zero-order valence-electron chi connectivity index (χ0n) is 18.8. The molecule has 0 aliphatic rings. The highest BCUT2D eigenvalue weighted by molar-refractivity contribution is 7.99. The van der Waals surface area contributed by atoms with Crippen LogP contribution in [0.2, 0.25) is 0 Å². The van der Waals surface area contributed by atoms with E-state index in [0.717, 1.165) is 34.3 Å². The van der Waals surface area contributed by atoms with Crippen LogP contribution in [-0.4, -0.2) is 34.9 Å². The lowest BCUT2D eigenvalue weighted by atomic mass is 10.1. The number of benzene rings is 3. The fraction of sp³-hybridized carbons (Fsp3) is 0.185. The number of aryl methyl sites for hydroxylation is 1. The van der Waals surface area contributed by atoms with Gasteiger partial charge in [-0.05, 0) is 43.2 Å². The average molecular weight is 458 g/mol. The summed E-state index contributed by atoms with van der Waals surface area (Å²) in [7, 11) is 1.65. The summed E-state index contributed by atoms with van der Waals surface area (Å²) in [4.78, 5) is 17.3. The van der Waals surface area contributed by atoms with E-state index in [0.29, 0.717) is 12.3 Å². The summed E-state index contributed by atoms with van der Waals surface area (Å²) in [5.74, 6) is 1.09. The second kappa shape index (κ2) is 10.9. The van der Waals surface area contributed by atoms with Crippen LogP contribution in [0.4, 0.5) is 0 Å². The van der Waals surface area contributed by atoms with Crippen LogP contribution in [-0.2, 0) is 11.2 Å². The Hall–Kier alpha value is -3.51. The molecule has 1 N–H and O–H groups in total. The van der Waals surface area contributed by atoms with Gasteiger partial charge in [0.25, 0.3) is 0 Å². The summed E-state index contributed by atoms with van der Waals surface area (Å²) in [6.07, 6.45) is 2.83. The molecule has 0 aliphatic carbocycles. The highest BCUT2D eigenvalue weighted by Crippen LogP contribution is 2.28. The Labute approximate surface area is 198 Å². The van der Waals surface area contributed by atoms with E-state index in [-0.39, 0.29) is 5.91 Å². The molecule has 0 aliphatic heterocycles. The summed E-state index contributed by atoms with van der Waals surface area (Å²) < 4.78 is 7.31. The molecule has 0 fully saturated rings. The normalized spacial score (nSPS) is 10.7. The van der Waals surface area contributed by atoms with E-state index < -0.39 is 0 Å². The summed E-state index contributed by atoms with van der Waals surface area (Å²) >= 11 is 1.43. The van der Waals surface area contributed by atoms with Gasteiger partial charge in [0, 0.05) is 24.0 Å². The number of carbonyl (C=O) groups excluding carboxylic acids is 1. The predicted molar refractivity (Wildman–Crippen MR) is 134 cm³/mol. The first kappa shape index (κ1) is 22.7. The summed E-state index contributed by atoms with van der Waals surface area (Å²) in [6, 6.07) is 26.3. The zero-order chi connectivity index (χ0) is 23.0. The molecular weight excluding hydrogens is 430 g/mol. The fourth-order valence-corrected chi connectivity index (χ4v) is 4.25. The molecule has 0 bridgehead atoms. The van der Waals surface area contributed by atoms with Gasteiger partial charge in [0.1, 0.15) is 5.75 Å². The summed E-state index contributed by atoms with van der Waals surface area (Å²) in [5, 5.41) is 3.78. The Balaban J connectivity index is 1.47. The molecule has 3 aromatic carbocycles. The predicted octanol–water partition coefficient (Wildman–Crippen LogP) is 5.31. The summed E-state index contributed by atoms with van der Waals surface area (Å²) in [5.41, 5.74) is 5.30. The standard InChI is InChI=1S/C27H27N3O2S/c1-20-8-10-22(11-9-20)25-18-30(23-12-14-24(32-2)15-13-23)27(29-25)33-19-26(31)28-17-16-21-6-4-3-5-7-21/h3-15,18H,16-17,19H2,1-2H3,(H,28,31). The van der Waals surface area contributed by atoms with Gasteiger partial charge < -0.3 is 10.1 Å². The third-order valence-corrected chi connectivity index (χ3v) is 6.24. The summed E-state index contributed by atoms with van der Waals surface area (Å²) in [6.45, 7) is 2.68. The minimum Gasteiger partial charge on any atom is -0.497 e. The first-order valence-electron chi connectivity index (χ1n) is 10.9. The number of amides is 1. The Morgan fingerprint density at radius 1 is 1.00 bits per heavy atom.